The largest absolute Gasteiger partial charge is 0.330 e. The molecular weight excluding hydrogens is 184 g/mol. The third-order valence-electron chi connectivity index (χ3n) is 1.71. The van der Waals surface area contributed by atoms with Crippen molar-refractivity contribution in [3.63, 3.8) is 0 Å². The van der Waals surface area contributed by atoms with Gasteiger partial charge in [0.1, 0.15) is 0 Å². The van der Waals surface area contributed by atoms with Gasteiger partial charge in [0, 0.05) is 41.2 Å². The van der Waals surface area contributed by atoms with Crippen LogP contribution in [-0.4, -0.2) is 27.2 Å². The van der Waals surface area contributed by atoms with Crippen LogP contribution in [0.4, 0.5) is 0 Å². The Labute approximate surface area is 80.8 Å². The van der Waals surface area contributed by atoms with Crippen molar-refractivity contribution in [3.8, 4) is 0 Å². The van der Waals surface area contributed by atoms with E-state index in [1.54, 1.807) is 12.4 Å². The fraction of sp³-hybridized carbons (Fsp3) is 0.444. The molecule has 1 aromatic rings. The van der Waals surface area contributed by atoms with Crippen LogP contribution in [-0.2, 0) is 17.2 Å². The van der Waals surface area contributed by atoms with E-state index in [4.69, 9.17) is 5.73 Å². The molecule has 1 rings (SSSR count). The first-order valence-electron chi connectivity index (χ1n) is 4.27. The minimum atomic E-state index is -0.766. The van der Waals surface area contributed by atoms with Crippen LogP contribution in [0.1, 0.15) is 5.56 Å². The Bertz CT molecular complexity index is 264. The summed E-state index contributed by atoms with van der Waals surface area (Å²) in [5.74, 6) is 1.30. The maximum absolute atomic E-state index is 11.2. The Morgan fingerprint density at radius 3 is 2.62 bits per heavy atom. The predicted molar refractivity (Wildman–Crippen MR) is 54.9 cm³/mol. The van der Waals surface area contributed by atoms with E-state index in [2.05, 4.69) is 4.98 Å². The second kappa shape index (κ2) is 5.83. The normalized spacial score (nSPS) is 12.7. The molecule has 2 N–H and O–H groups in total. The minimum absolute atomic E-state index is 0.503. The van der Waals surface area contributed by atoms with Crippen LogP contribution in [0, 0.1) is 0 Å². The summed E-state index contributed by atoms with van der Waals surface area (Å²) in [5, 5.41) is 0. The smallest absolute Gasteiger partial charge is 0.0357 e. The molecular formula is C9H14N2OS. The van der Waals surface area contributed by atoms with Crippen molar-refractivity contribution in [1.29, 1.82) is 0 Å². The fourth-order valence-electron chi connectivity index (χ4n) is 1.01. The van der Waals surface area contributed by atoms with Crippen molar-refractivity contribution < 1.29 is 4.21 Å². The van der Waals surface area contributed by atoms with Crippen LogP contribution in [0.2, 0.25) is 0 Å². The average Bonchev–Trinajstić information content (AvgIpc) is 2.17. The molecule has 1 heterocycles. The van der Waals surface area contributed by atoms with Gasteiger partial charge in [-0.2, -0.15) is 0 Å². The lowest BCUT2D eigenvalue weighted by Crippen LogP contribution is -2.13. The number of pyridine rings is 1. The van der Waals surface area contributed by atoms with Gasteiger partial charge >= 0.3 is 0 Å². The standard InChI is InChI=1S/C9H14N2OS/c10-4-8-13(12)7-3-9-1-5-11-6-2-9/h1-2,5-6H,3-4,7-8,10H2. The van der Waals surface area contributed by atoms with E-state index in [0.717, 1.165) is 6.42 Å². The maximum Gasteiger partial charge on any atom is 0.0357 e. The number of nitrogens with two attached hydrogens (primary N) is 1. The van der Waals surface area contributed by atoms with Gasteiger partial charge in [0.05, 0.1) is 0 Å². The van der Waals surface area contributed by atoms with Crippen LogP contribution < -0.4 is 5.73 Å². The topological polar surface area (TPSA) is 56.0 Å². The molecule has 0 radical (unpaired) electrons. The summed E-state index contributed by atoms with van der Waals surface area (Å²) in [6, 6.07) is 3.89. The SMILES string of the molecule is NCCS(=O)CCc1ccncc1. The van der Waals surface area contributed by atoms with Gasteiger partial charge in [0.2, 0.25) is 0 Å². The van der Waals surface area contributed by atoms with Crippen LogP contribution in [0.15, 0.2) is 24.5 Å². The fourth-order valence-corrected chi connectivity index (χ4v) is 1.95. The minimum Gasteiger partial charge on any atom is -0.330 e. The number of hydrogen-bond donors (Lipinski definition) is 1. The zero-order valence-electron chi connectivity index (χ0n) is 7.48. The van der Waals surface area contributed by atoms with E-state index in [9.17, 15) is 4.21 Å². The second-order valence-electron chi connectivity index (χ2n) is 2.74. The van der Waals surface area contributed by atoms with E-state index in [1.165, 1.54) is 5.56 Å². The van der Waals surface area contributed by atoms with Crippen molar-refractivity contribution in [2.45, 2.75) is 6.42 Å². The van der Waals surface area contributed by atoms with E-state index in [1.807, 2.05) is 12.1 Å². The first-order chi connectivity index (χ1) is 6.33. The summed E-state index contributed by atoms with van der Waals surface area (Å²) in [7, 11) is -0.766. The second-order valence-corrected chi connectivity index (χ2v) is 4.44. The van der Waals surface area contributed by atoms with Crippen LogP contribution >= 0.6 is 0 Å². The van der Waals surface area contributed by atoms with Gasteiger partial charge in [-0.1, -0.05) is 0 Å². The van der Waals surface area contributed by atoms with E-state index in [-0.39, 0.29) is 0 Å². The van der Waals surface area contributed by atoms with Crippen molar-refractivity contribution >= 4 is 10.8 Å². The zero-order chi connectivity index (χ0) is 9.52. The van der Waals surface area contributed by atoms with Gasteiger partial charge in [-0.3, -0.25) is 9.19 Å². The van der Waals surface area contributed by atoms with E-state index >= 15 is 0 Å². The molecule has 1 unspecified atom stereocenters. The summed E-state index contributed by atoms with van der Waals surface area (Å²) >= 11 is 0. The molecule has 0 aliphatic heterocycles. The number of aryl methyl sites for hydroxylation is 1. The van der Waals surface area contributed by atoms with Gasteiger partial charge in [-0.25, -0.2) is 0 Å². The molecule has 3 nitrogen and oxygen atoms in total. The molecule has 0 fully saturated rings. The van der Waals surface area contributed by atoms with Crippen molar-refractivity contribution in [2.75, 3.05) is 18.1 Å². The summed E-state index contributed by atoms with van der Waals surface area (Å²) in [4.78, 5) is 3.91. The Hall–Kier alpha value is -0.740. The summed E-state index contributed by atoms with van der Waals surface area (Å²) in [5.41, 5.74) is 6.48. The molecule has 0 bridgehead atoms. The zero-order valence-corrected chi connectivity index (χ0v) is 8.30. The van der Waals surface area contributed by atoms with Gasteiger partial charge in [-0.05, 0) is 24.1 Å². The molecule has 0 aliphatic rings. The van der Waals surface area contributed by atoms with Crippen molar-refractivity contribution in [3.05, 3.63) is 30.1 Å². The van der Waals surface area contributed by atoms with Crippen LogP contribution in [0.5, 0.6) is 0 Å². The lowest BCUT2D eigenvalue weighted by Gasteiger charge is -2.00. The van der Waals surface area contributed by atoms with Crippen LogP contribution in [0.3, 0.4) is 0 Å². The summed E-state index contributed by atoms with van der Waals surface area (Å²) in [6.45, 7) is 0.503. The molecule has 0 amide bonds. The Kier molecular flexibility index (Phi) is 4.64. The predicted octanol–water partition coefficient (Wildman–Crippen LogP) is 0.331. The van der Waals surface area contributed by atoms with Crippen LogP contribution in [0.25, 0.3) is 0 Å². The summed E-state index contributed by atoms with van der Waals surface area (Å²) < 4.78 is 11.2. The molecule has 13 heavy (non-hydrogen) atoms. The Balaban J connectivity index is 2.31. The van der Waals surface area contributed by atoms with Gasteiger partial charge in [0.15, 0.2) is 0 Å². The number of aromatic nitrogens is 1. The lowest BCUT2D eigenvalue weighted by atomic mass is 10.2. The number of rotatable bonds is 5. The quantitative estimate of drug-likeness (QED) is 0.742. The molecule has 0 spiro atoms. The molecule has 0 aliphatic carbocycles. The maximum atomic E-state index is 11.2. The third kappa shape index (κ3) is 4.15. The first-order valence-corrected chi connectivity index (χ1v) is 5.75. The first kappa shape index (κ1) is 10.3. The van der Waals surface area contributed by atoms with E-state index in [0.29, 0.717) is 18.1 Å². The molecule has 0 saturated heterocycles. The molecule has 4 heteroatoms. The van der Waals surface area contributed by atoms with Gasteiger partial charge in [0.25, 0.3) is 0 Å². The molecule has 0 saturated carbocycles. The lowest BCUT2D eigenvalue weighted by molar-refractivity contribution is 0.682. The highest BCUT2D eigenvalue weighted by molar-refractivity contribution is 7.85. The molecule has 1 aromatic heterocycles. The highest BCUT2D eigenvalue weighted by atomic mass is 32.2. The van der Waals surface area contributed by atoms with E-state index < -0.39 is 10.8 Å². The number of nitrogens with zero attached hydrogens (tertiary/aromatic N) is 1. The average molecular weight is 198 g/mol. The Morgan fingerprint density at radius 2 is 2.00 bits per heavy atom. The molecule has 0 aromatic carbocycles. The Morgan fingerprint density at radius 1 is 1.31 bits per heavy atom. The number of hydrogen-bond acceptors (Lipinski definition) is 3. The van der Waals surface area contributed by atoms with Crippen molar-refractivity contribution in [1.82, 2.24) is 4.98 Å². The third-order valence-corrected chi connectivity index (χ3v) is 3.06. The van der Waals surface area contributed by atoms with Crippen molar-refractivity contribution in [2.24, 2.45) is 5.73 Å². The highest BCUT2D eigenvalue weighted by Gasteiger charge is 1.98. The monoisotopic (exact) mass is 198 g/mol. The van der Waals surface area contributed by atoms with Gasteiger partial charge in [-0.15, -0.1) is 0 Å². The molecule has 1 atom stereocenters. The highest BCUT2D eigenvalue weighted by Crippen LogP contribution is 1.98. The molecule has 72 valence electrons. The van der Waals surface area contributed by atoms with Gasteiger partial charge < -0.3 is 5.73 Å². The summed E-state index contributed by atoms with van der Waals surface area (Å²) in [6.07, 6.45) is 4.34.